The molecule has 0 spiro atoms. The van der Waals surface area contributed by atoms with Crippen molar-refractivity contribution in [3.05, 3.63) is 26.7 Å². The summed E-state index contributed by atoms with van der Waals surface area (Å²) in [5.41, 5.74) is -0.661. The first kappa shape index (κ1) is 19.2. The van der Waals surface area contributed by atoms with E-state index in [9.17, 15) is 14.4 Å². The average Bonchev–Trinajstić information content (AvgIpc) is 2.60. The molecule has 1 atom stereocenters. The minimum Gasteiger partial charge on any atom is -0.468 e. The number of hydrogen-bond acceptors (Lipinski definition) is 7. The second-order valence-electron chi connectivity index (χ2n) is 5.98. The van der Waals surface area contributed by atoms with Crippen molar-refractivity contribution in [2.24, 2.45) is 14.1 Å². The molecule has 0 saturated carbocycles. The van der Waals surface area contributed by atoms with Crippen LogP contribution in [0.3, 0.4) is 0 Å². The summed E-state index contributed by atoms with van der Waals surface area (Å²) in [5.74, 6) is 0.131. The SMILES string of the molecule is CC[C@@H](Sc1nc(C(C)C)nc2c1c(=O)n(C)c(=O)n2C)C(=O)OC. The van der Waals surface area contributed by atoms with Gasteiger partial charge >= 0.3 is 11.7 Å². The third-order valence-electron chi connectivity index (χ3n) is 3.89. The van der Waals surface area contributed by atoms with Crippen LogP contribution < -0.4 is 11.2 Å². The molecule has 0 aromatic carbocycles. The largest absolute Gasteiger partial charge is 0.468 e. The molecule has 2 aromatic heterocycles. The number of carbonyl (C=O) groups excluding carboxylic acids is 1. The zero-order chi connectivity index (χ0) is 18.9. The van der Waals surface area contributed by atoms with E-state index >= 15 is 0 Å². The van der Waals surface area contributed by atoms with Gasteiger partial charge in [-0.15, -0.1) is 0 Å². The molecule has 0 aliphatic carbocycles. The van der Waals surface area contributed by atoms with E-state index in [1.165, 1.54) is 30.5 Å². The lowest BCUT2D eigenvalue weighted by Gasteiger charge is -2.16. The number of aromatic nitrogens is 4. The summed E-state index contributed by atoms with van der Waals surface area (Å²) in [7, 11) is 4.30. The summed E-state index contributed by atoms with van der Waals surface area (Å²) in [6.07, 6.45) is 0.520. The van der Waals surface area contributed by atoms with Gasteiger partial charge in [-0.2, -0.15) is 0 Å². The van der Waals surface area contributed by atoms with Crippen molar-refractivity contribution in [3.63, 3.8) is 0 Å². The van der Waals surface area contributed by atoms with Crippen LogP contribution >= 0.6 is 11.8 Å². The van der Waals surface area contributed by atoms with E-state index in [2.05, 4.69) is 9.97 Å². The maximum absolute atomic E-state index is 12.7. The lowest BCUT2D eigenvalue weighted by molar-refractivity contribution is -0.140. The number of aryl methyl sites for hydroxylation is 1. The van der Waals surface area contributed by atoms with Crippen molar-refractivity contribution in [2.45, 2.75) is 43.4 Å². The first-order valence-electron chi connectivity index (χ1n) is 7.95. The van der Waals surface area contributed by atoms with Gasteiger partial charge in [0.15, 0.2) is 5.65 Å². The lowest BCUT2D eigenvalue weighted by atomic mass is 10.2. The molecule has 2 rings (SSSR count). The molecular weight excluding hydrogens is 344 g/mol. The van der Waals surface area contributed by atoms with Gasteiger partial charge in [0.25, 0.3) is 5.56 Å². The Balaban J connectivity index is 2.83. The van der Waals surface area contributed by atoms with Crippen molar-refractivity contribution >= 4 is 28.8 Å². The minimum absolute atomic E-state index is 0.00103. The fraction of sp³-hybridized carbons (Fsp3) is 0.562. The average molecular weight is 366 g/mol. The van der Waals surface area contributed by atoms with E-state index in [1.54, 1.807) is 7.05 Å². The molecule has 0 amide bonds. The van der Waals surface area contributed by atoms with E-state index < -0.39 is 16.5 Å². The van der Waals surface area contributed by atoms with E-state index in [0.29, 0.717) is 17.3 Å². The van der Waals surface area contributed by atoms with Crippen LogP contribution in [0.4, 0.5) is 0 Å². The van der Waals surface area contributed by atoms with Crippen LogP contribution in [0.25, 0.3) is 11.0 Å². The molecule has 0 N–H and O–H groups in total. The fourth-order valence-electron chi connectivity index (χ4n) is 2.35. The number of ether oxygens (including phenoxy) is 1. The second-order valence-corrected chi connectivity index (χ2v) is 7.18. The molecule has 0 fully saturated rings. The topological polar surface area (TPSA) is 96.1 Å². The molecule has 0 radical (unpaired) electrons. The Labute approximate surface area is 149 Å². The molecule has 0 unspecified atom stereocenters. The molecule has 136 valence electrons. The highest BCUT2D eigenvalue weighted by Crippen LogP contribution is 2.29. The second kappa shape index (κ2) is 7.38. The van der Waals surface area contributed by atoms with Gasteiger partial charge in [-0.25, -0.2) is 14.8 Å². The van der Waals surface area contributed by atoms with Gasteiger partial charge in [-0.1, -0.05) is 32.5 Å². The zero-order valence-electron chi connectivity index (χ0n) is 15.2. The summed E-state index contributed by atoms with van der Waals surface area (Å²) >= 11 is 1.17. The fourth-order valence-corrected chi connectivity index (χ4v) is 3.42. The number of nitrogens with zero attached hydrogens (tertiary/aromatic N) is 4. The van der Waals surface area contributed by atoms with Crippen LogP contribution in [-0.4, -0.2) is 37.4 Å². The first-order chi connectivity index (χ1) is 11.7. The first-order valence-corrected chi connectivity index (χ1v) is 8.82. The Morgan fingerprint density at radius 2 is 1.84 bits per heavy atom. The van der Waals surface area contributed by atoms with Gasteiger partial charge in [0.05, 0.1) is 7.11 Å². The van der Waals surface area contributed by atoms with Crippen LogP contribution in [0, 0.1) is 0 Å². The highest BCUT2D eigenvalue weighted by molar-refractivity contribution is 8.00. The summed E-state index contributed by atoms with van der Waals surface area (Å²) in [5, 5.41) is 0.133. The number of esters is 1. The smallest absolute Gasteiger partial charge is 0.332 e. The molecule has 2 aromatic rings. The van der Waals surface area contributed by atoms with Gasteiger partial charge < -0.3 is 4.74 Å². The quantitative estimate of drug-likeness (QED) is 0.445. The Kier molecular flexibility index (Phi) is 5.66. The Bertz CT molecular complexity index is 932. The standard InChI is InChI=1S/C16H22N4O4S/c1-7-9(15(22)24-6)25-13-10-12(17-11(18-13)8(2)3)19(4)16(23)20(5)14(10)21/h8-9H,7H2,1-6H3/t9-/m1/s1. The maximum Gasteiger partial charge on any atom is 0.332 e. The van der Waals surface area contributed by atoms with Crippen LogP contribution in [0.5, 0.6) is 0 Å². The molecule has 0 aliphatic rings. The zero-order valence-corrected chi connectivity index (χ0v) is 16.0. The molecule has 25 heavy (non-hydrogen) atoms. The highest BCUT2D eigenvalue weighted by Gasteiger charge is 2.24. The van der Waals surface area contributed by atoms with Crippen LogP contribution in [-0.2, 0) is 23.6 Å². The number of hydrogen-bond donors (Lipinski definition) is 0. The Hall–Kier alpha value is -2.16. The van der Waals surface area contributed by atoms with E-state index in [0.717, 1.165) is 4.57 Å². The number of carbonyl (C=O) groups is 1. The third-order valence-corrected chi connectivity index (χ3v) is 5.22. The van der Waals surface area contributed by atoms with E-state index in [4.69, 9.17) is 4.74 Å². The van der Waals surface area contributed by atoms with E-state index in [-0.39, 0.29) is 22.9 Å². The van der Waals surface area contributed by atoms with Gasteiger partial charge in [0, 0.05) is 20.0 Å². The van der Waals surface area contributed by atoms with Crippen molar-refractivity contribution < 1.29 is 9.53 Å². The lowest BCUT2D eigenvalue weighted by Crippen LogP contribution is -2.38. The molecule has 9 heteroatoms. The van der Waals surface area contributed by atoms with Gasteiger partial charge in [-0.05, 0) is 6.42 Å². The van der Waals surface area contributed by atoms with Crippen molar-refractivity contribution in [1.82, 2.24) is 19.1 Å². The predicted molar refractivity (Wildman–Crippen MR) is 96.1 cm³/mol. The van der Waals surface area contributed by atoms with Crippen LogP contribution in [0.2, 0.25) is 0 Å². The molecule has 0 bridgehead atoms. The molecule has 0 aliphatic heterocycles. The van der Waals surface area contributed by atoms with E-state index in [1.807, 2.05) is 20.8 Å². The predicted octanol–water partition coefficient (Wildman–Crippen LogP) is 1.19. The van der Waals surface area contributed by atoms with Crippen LogP contribution in [0.15, 0.2) is 14.6 Å². The number of methoxy groups -OCH3 is 1. The molecule has 0 saturated heterocycles. The van der Waals surface area contributed by atoms with Gasteiger partial charge in [-0.3, -0.25) is 18.7 Å². The minimum atomic E-state index is -0.495. The summed E-state index contributed by atoms with van der Waals surface area (Å²) < 4.78 is 7.16. The van der Waals surface area contributed by atoms with Crippen molar-refractivity contribution in [2.75, 3.05) is 7.11 Å². The molecule has 8 nitrogen and oxygen atoms in total. The monoisotopic (exact) mass is 366 g/mol. The normalized spacial score (nSPS) is 12.6. The Morgan fingerprint density at radius 3 is 2.36 bits per heavy atom. The summed E-state index contributed by atoms with van der Waals surface area (Å²) in [6.45, 7) is 5.70. The van der Waals surface area contributed by atoms with Gasteiger partial charge in [0.2, 0.25) is 0 Å². The summed E-state index contributed by atoms with van der Waals surface area (Å²) in [4.78, 5) is 45.7. The number of fused-ring (bicyclic) bond motifs is 1. The molecular formula is C16H22N4O4S. The van der Waals surface area contributed by atoms with Crippen molar-refractivity contribution in [1.29, 1.82) is 0 Å². The van der Waals surface area contributed by atoms with Crippen molar-refractivity contribution in [3.8, 4) is 0 Å². The third kappa shape index (κ3) is 3.46. The summed E-state index contributed by atoms with van der Waals surface area (Å²) in [6, 6.07) is 0. The highest BCUT2D eigenvalue weighted by atomic mass is 32.2. The van der Waals surface area contributed by atoms with Gasteiger partial charge in [0.1, 0.15) is 21.5 Å². The number of rotatable bonds is 5. The molecule has 2 heterocycles. The Morgan fingerprint density at radius 1 is 1.20 bits per heavy atom. The number of thioether (sulfide) groups is 1. The maximum atomic E-state index is 12.7. The van der Waals surface area contributed by atoms with Crippen LogP contribution in [0.1, 0.15) is 38.9 Å².